The molecule has 0 spiro atoms. The fraction of sp³-hybridized carbons (Fsp3) is 0.250. The molecule has 8 nitrogen and oxygen atoms in total. The zero-order valence-electron chi connectivity index (χ0n) is 15.3. The van der Waals surface area contributed by atoms with E-state index in [1.54, 1.807) is 32.0 Å². The van der Waals surface area contributed by atoms with Gasteiger partial charge in [-0.25, -0.2) is 8.42 Å². The van der Waals surface area contributed by atoms with Gasteiger partial charge in [0.15, 0.2) is 21.6 Å². The average Bonchev–Trinajstić information content (AvgIpc) is 3.27. The van der Waals surface area contributed by atoms with Gasteiger partial charge >= 0.3 is 0 Å². The lowest BCUT2D eigenvalue weighted by atomic mass is 10.3. The molecule has 3 N–H and O–H groups in total. The molecule has 0 fully saturated rings. The van der Waals surface area contributed by atoms with Crippen molar-refractivity contribution in [1.82, 2.24) is 13.1 Å². The number of anilines is 4. The molecule has 0 aliphatic heterocycles. The van der Waals surface area contributed by atoms with Gasteiger partial charge in [0.25, 0.3) is 10.0 Å². The highest BCUT2D eigenvalue weighted by Crippen LogP contribution is 2.41. The van der Waals surface area contributed by atoms with Crippen LogP contribution in [-0.2, 0) is 10.0 Å². The third-order valence-electron chi connectivity index (χ3n) is 3.96. The van der Waals surface area contributed by atoms with Crippen LogP contribution in [0.4, 0.5) is 23.0 Å². The van der Waals surface area contributed by atoms with Crippen molar-refractivity contribution in [3.63, 3.8) is 0 Å². The van der Waals surface area contributed by atoms with Gasteiger partial charge in [0.2, 0.25) is 0 Å². The van der Waals surface area contributed by atoms with Crippen LogP contribution in [0.3, 0.4) is 0 Å². The quantitative estimate of drug-likeness (QED) is 0.399. The van der Waals surface area contributed by atoms with E-state index in [4.69, 9.17) is 23.2 Å². The summed E-state index contributed by atoms with van der Waals surface area (Å²) >= 11 is 14.1. The molecule has 13 heteroatoms. The molecule has 0 unspecified atom stereocenters. The van der Waals surface area contributed by atoms with Gasteiger partial charge in [-0.15, -0.1) is 11.3 Å². The molecule has 0 aliphatic carbocycles. The Morgan fingerprint density at radius 2 is 1.72 bits per heavy atom. The SMILES string of the molecule is CCN(CC)S(=O)(=O)c1scc(Nc2nsnc2Nc2cccc(Cl)c2Cl)c1O. The monoisotopic (exact) mass is 493 g/mol. The van der Waals surface area contributed by atoms with Crippen LogP contribution in [0, 0.1) is 0 Å². The number of rotatable bonds is 8. The van der Waals surface area contributed by atoms with Gasteiger partial charge in [-0.05, 0) is 12.1 Å². The largest absolute Gasteiger partial charge is 0.504 e. The lowest BCUT2D eigenvalue weighted by Gasteiger charge is -2.17. The van der Waals surface area contributed by atoms with Crippen LogP contribution < -0.4 is 10.6 Å². The Labute approximate surface area is 186 Å². The molecule has 2 aromatic heterocycles. The van der Waals surface area contributed by atoms with E-state index in [1.165, 1.54) is 9.69 Å². The van der Waals surface area contributed by atoms with E-state index in [9.17, 15) is 13.5 Å². The summed E-state index contributed by atoms with van der Waals surface area (Å²) in [5.74, 6) is 0.311. The second-order valence-corrected chi connectivity index (χ2v) is 10.0. The molecule has 0 amide bonds. The van der Waals surface area contributed by atoms with Crippen molar-refractivity contribution in [2.24, 2.45) is 0 Å². The summed E-state index contributed by atoms with van der Waals surface area (Å²) in [6.45, 7) is 4.10. The number of sulfonamides is 1. The number of hydrogen-bond donors (Lipinski definition) is 3. The van der Waals surface area contributed by atoms with Crippen LogP contribution in [-0.4, -0.2) is 39.7 Å². The molecule has 2 heterocycles. The molecule has 156 valence electrons. The van der Waals surface area contributed by atoms with Crippen LogP contribution in [0.25, 0.3) is 0 Å². The van der Waals surface area contributed by atoms with Crippen molar-refractivity contribution in [2.75, 3.05) is 23.7 Å². The Bertz CT molecular complexity index is 1110. The zero-order valence-corrected chi connectivity index (χ0v) is 19.3. The van der Waals surface area contributed by atoms with E-state index in [1.807, 2.05) is 0 Å². The molecule has 0 aliphatic rings. The summed E-state index contributed by atoms with van der Waals surface area (Å²) in [5.41, 5.74) is 0.753. The van der Waals surface area contributed by atoms with Gasteiger partial charge in [-0.2, -0.15) is 13.1 Å². The first kappa shape index (κ1) is 22.1. The molecule has 3 rings (SSSR count). The maximum absolute atomic E-state index is 12.7. The fourth-order valence-corrected chi connectivity index (χ4v) is 6.14. The summed E-state index contributed by atoms with van der Waals surface area (Å²) in [7, 11) is -3.78. The van der Waals surface area contributed by atoms with Gasteiger partial charge in [0.1, 0.15) is 0 Å². The number of aromatic nitrogens is 2. The van der Waals surface area contributed by atoms with E-state index in [0.717, 1.165) is 23.1 Å². The van der Waals surface area contributed by atoms with Crippen molar-refractivity contribution in [3.8, 4) is 5.75 Å². The number of benzene rings is 1. The third kappa shape index (κ3) is 4.44. The first-order valence-corrected chi connectivity index (χ1v) is 12.2. The van der Waals surface area contributed by atoms with Crippen molar-refractivity contribution >= 4 is 79.3 Å². The molecular formula is C16H17Cl2N5O3S3. The molecule has 1 aromatic carbocycles. The van der Waals surface area contributed by atoms with Gasteiger partial charge in [-0.3, -0.25) is 0 Å². The average molecular weight is 494 g/mol. The first-order chi connectivity index (χ1) is 13.8. The highest BCUT2D eigenvalue weighted by atomic mass is 35.5. The molecule has 0 radical (unpaired) electrons. The van der Waals surface area contributed by atoms with Gasteiger partial charge in [0.05, 0.1) is 33.1 Å². The summed E-state index contributed by atoms with van der Waals surface area (Å²) < 4.78 is 34.9. The van der Waals surface area contributed by atoms with Crippen LogP contribution in [0.1, 0.15) is 13.8 Å². The highest BCUT2D eigenvalue weighted by Gasteiger charge is 2.29. The maximum Gasteiger partial charge on any atom is 0.256 e. The minimum absolute atomic E-state index is 0.126. The molecule has 3 aromatic rings. The molecule has 0 bridgehead atoms. The van der Waals surface area contributed by atoms with Crippen molar-refractivity contribution < 1.29 is 13.5 Å². The Kier molecular flexibility index (Phi) is 6.87. The Hall–Kier alpha value is -1.63. The van der Waals surface area contributed by atoms with Crippen LogP contribution >= 0.6 is 46.3 Å². The second kappa shape index (κ2) is 9.02. The summed E-state index contributed by atoms with van der Waals surface area (Å²) in [4.78, 5) is 0. The van der Waals surface area contributed by atoms with Crippen molar-refractivity contribution in [1.29, 1.82) is 0 Å². The van der Waals surface area contributed by atoms with Crippen molar-refractivity contribution in [3.05, 3.63) is 33.6 Å². The molecule has 29 heavy (non-hydrogen) atoms. The normalized spacial score (nSPS) is 11.8. The number of nitrogens with one attached hydrogen (secondary N) is 2. The number of aromatic hydroxyl groups is 1. The third-order valence-corrected chi connectivity index (χ3v) is 8.85. The lowest BCUT2D eigenvalue weighted by molar-refractivity contribution is 0.434. The van der Waals surface area contributed by atoms with E-state index < -0.39 is 10.0 Å². The summed E-state index contributed by atoms with van der Waals surface area (Å²) in [5, 5.41) is 18.7. The first-order valence-electron chi connectivity index (χ1n) is 8.40. The van der Waals surface area contributed by atoms with Crippen LogP contribution in [0.15, 0.2) is 27.8 Å². The second-order valence-electron chi connectivity index (χ2n) is 5.69. The predicted molar refractivity (Wildman–Crippen MR) is 119 cm³/mol. The van der Waals surface area contributed by atoms with E-state index in [0.29, 0.717) is 40.5 Å². The minimum Gasteiger partial charge on any atom is -0.504 e. The Morgan fingerprint density at radius 1 is 1.10 bits per heavy atom. The molecule has 0 saturated carbocycles. The standard InChI is InChI=1S/C16H17Cl2N5O3S3/c1-3-23(4-2)29(25,26)16-13(24)11(8-27-16)20-15-14(21-28-22-15)19-10-7-5-6-9(17)12(10)18/h5-8,24H,3-4H2,1-2H3,(H,19,21)(H,20,22). The minimum atomic E-state index is -3.78. The smallest absolute Gasteiger partial charge is 0.256 e. The maximum atomic E-state index is 12.7. The number of thiophene rings is 1. The topological polar surface area (TPSA) is 107 Å². The number of hydrogen-bond acceptors (Lipinski definition) is 9. The van der Waals surface area contributed by atoms with E-state index in [-0.39, 0.29) is 15.6 Å². The van der Waals surface area contributed by atoms with Gasteiger partial charge in [-0.1, -0.05) is 43.1 Å². The van der Waals surface area contributed by atoms with Gasteiger partial charge < -0.3 is 15.7 Å². The summed E-state index contributed by atoms with van der Waals surface area (Å²) in [6, 6.07) is 5.13. The van der Waals surface area contributed by atoms with Gasteiger partial charge in [0, 0.05) is 18.5 Å². The number of halogens is 2. The fourth-order valence-electron chi connectivity index (χ4n) is 2.49. The molecule has 0 saturated heterocycles. The Morgan fingerprint density at radius 3 is 2.34 bits per heavy atom. The predicted octanol–water partition coefficient (Wildman–Crippen LogP) is 5.13. The van der Waals surface area contributed by atoms with Crippen LogP contribution in [0.2, 0.25) is 10.0 Å². The molecule has 0 atom stereocenters. The lowest BCUT2D eigenvalue weighted by Crippen LogP contribution is -2.30. The van der Waals surface area contributed by atoms with E-state index >= 15 is 0 Å². The zero-order chi connectivity index (χ0) is 21.2. The summed E-state index contributed by atoms with van der Waals surface area (Å²) in [6.07, 6.45) is 0. The van der Waals surface area contributed by atoms with Crippen LogP contribution in [0.5, 0.6) is 5.75 Å². The number of nitrogens with zero attached hydrogens (tertiary/aromatic N) is 3. The van der Waals surface area contributed by atoms with Crippen molar-refractivity contribution in [2.45, 2.75) is 18.1 Å². The molecular weight excluding hydrogens is 477 g/mol. The Balaban J connectivity index is 1.87. The van der Waals surface area contributed by atoms with E-state index in [2.05, 4.69) is 19.4 Å². The highest BCUT2D eigenvalue weighted by molar-refractivity contribution is 7.91.